The van der Waals surface area contributed by atoms with Crippen LogP contribution in [0.3, 0.4) is 0 Å². The van der Waals surface area contributed by atoms with Gasteiger partial charge in [-0.25, -0.2) is 0 Å². The Hall–Kier alpha value is -0.640. The van der Waals surface area contributed by atoms with E-state index in [0.717, 1.165) is 17.9 Å². The molecule has 0 saturated carbocycles. The van der Waals surface area contributed by atoms with Gasteiger partial charge in [-0.2, -0.15) is 0 Å². The van der Waals surface area contributed by atoms with Crippen molar-refractivity contribution in [3.8, 4) is 0 Å². The molecule has 0 aromatic heterocycles. The van der Waals surface area contributed by atoms with E-state index in [2.05, 4.69) is 5.16 Å². The normalized spacial score (nSPS) is 42.7. The third-order valence-electron chi connectivity index (χ3n) is 2.42. The van der Waals surface area contributed by atoms with Gasteiger partial charge in [-0.15, -0.1) is 11.8 Å². The highest BCUT2D eigenvalue weighted by molar-refractivity contribution is 8.01. The van der Waals surface area contributed by atoms with Crippen LogP contribution in [-0.2, 0) is 9.57 Å². The number of ether oxygens (including phenoxy) is 1. The molecule has 2 atom stereocenters. The van der Waals surface area contributed by atoms with Crippen molar-refractivity contribution in [3.63, 3.8) is 0 Å². The third kappa shape index (κ3) is 0.665. The molecule has 0 aliphatic carbocycles. The van der Waals surface area contributed by atoms with E-state index in [9.17, 15) is 0 Å². The molecule has 3 rings (SSSR count). The van der Waals surface area contributed by atoms with Crippen LogP contribution in [0.25, 0.3) is 0 Å². The number of hydrogen-bond acceptors (Lipinski definition) is 4. The van der Waals surface area contributed by atoms with Gasteiger partial charge >= 0.3 is 0 Å². The molecule has 0 N–H and O–H groups in total. The third-order valence-corrected chi connectivity index (χ3v) is 3.91. The van der Waals surface area contributed by atoms with E-state index in [1.165, 1.54) is 6.42 Å². The Morgan fingerprint density at radius 3 is 3.67 bits per heavy atom. The lowest BCUT2D eigenvalue weighted by molar-refractivity contribution is 0.0515. The van der Waals surface area contributed by atoms with Crippen LogP contribution < -0.4 is 0 Å². The minimum atomic E-state index is -0.266. The fourth-order valence-corrected chi connectivity index (χ4v) is 3.12. The summed E-state index contributed by atoms with van der Waals surface area (Å²) in [6, 6.07) is 0. The first-order chi connectivity index (χ1) is 5.92. The van der Waals surface area contributed by atoms with Gasteiger partial charge in [0.15, 0.2) is 0 Å². The SMILES string of the molecule is C1=C[C@H]2ON=C3CCCS[C@@]32O1. The van der Waals surface area contributed by atoms with Crippen molar-refractivity contribution in [1.29, 1.82) is 0 Å². The summed E-state index contributed by atoms with van der Waals surface area (Å²) in [6.07, 6.45) is 5.90. The van der Waals surface area contributed by atoms with Crippen molar-refractivity contribution < 1.29 is 9.57 Å². The average Bonchev–Trinajstić information content (AvgIpc) is 2.59. The quantitative estimate of drug-likeness (QED) is 0.570. The maximum Gasteiger partial charge on any atom is 0.238 e. The molecule has 3 heterocycles. The Kier molecular flexibility index (Phi) is 1.25. The first-order valence-corrected chi connectivity index (χ1v) is 5.12. The van der Waals surface area contributed by atoms with Gasteiger partial charge in [-0.05, 0) is 24.7 Å². The predicted octanol–water partition coefficient (Wildman–Crippen LogP) is 1.51. The molecule has 4 heteroatoms. The van der Waals surface area contributed by atoms with E-state index in [0.29, 0.717) is 0 Å². The molecule has 1 spiro atoms. The van der Waals surface area contributed by atoms with Crippen molar-refractivity contribution in [1.82, 2.24) is 0 Å². The summed E-state index contributed by atoms with van der Waals surface area (Å²) in [5.74, 6) is 1.14. The molecule has 0 radical (unpaired) electrons. The Bertz CT molecular complexity index is 276. The van der Waals surface area contributed by atoms with Gasteiger partial charge in [0.1, 0.15) is 5.71 Å². The lowest BCUT2D eigenvalue weighted by Gasteiger charge is -2.30. The van der Waals surface area contributed by atoms with E-state index in [1.807, 2.05) is 17.8 Å². The minimum absolute atomic E-state index is 0.0257. The first-order valence-electron chi connectivity index (χ1n) is 4.13. The van der Waals surface area contributed by atoms with Gasteiger partial charge in [0.2, 0.25) is 11.0 Å². The number of thioether (sulfide) groups is 1. The fraction of sp³-hybridized carbons (Fsp3) is 0.625. The molecule has 0 amide bonds. The largest absolute Gasteiger partial charge is 0.474 e. The fourth-order valence-electron chi connectivity index (χ4n) is 1.81. The molecular formula is C8H9NO2S. The monoisotopic (exact) mass is 183 g/mol. The van der Waals surface area contributed by atoms with Crippen molar-refractivity contribution in [2.75, 3.05) is 5.75 Å². The van der Waals surface area contributed by atoms with Gasteiger partial charge in [-0.1, -0.05) is 5.16 Å². The maximum absolute atomic E-state index is 5.60. The number of nitrogens with zero attached hydrogens (tertiary/aromatic N) is 1. The molecule has 0 unspecified atom stereocenters. The second-order valence-corrected chi connectivity index (χ2v) is 4.43. The molecule has 64 valence electrons. The Morgan fingerprint density at radius 2 is 2.67 bits per heavy atom. The van der Waals surface area contributed by atoms with E-state index in [-0.39, 0.29) is 11.0 Å². The van der Waals surface area contributed by atoms with Crippen LogP contribution in [0.4, 0.5) is 0 Å². The van der Waals surface area contributed by atoms with Crippen molar-refractivity contribution in [3.05, 3.63) is 12.3 Å². The zero-order valence-electron chi connectivity index (χ0n) is 6.53. The molecule has 3 aliphatic heterocycles. The van der Waals surface area contributed by atoms with Crippen LogP contribution in [0.15, 0.2) is 17.5 Å². The first kappa shape index (κ1) is 6.83. The van der Waals surface area contributed by atoms with Gasteiger partial charge in [0.05, 0.1) is 6.26 Å². The van der Waals surface area contributed by atoms with Crippen LogP contribution in [-0.4, -0.2) is 22.5 Å². The van der Waals surface area contributed by atoms with Gasteiger partial charge in [-0.3, -0.25) is 0 Å². The average molecular weight is 183 g/mol. The van der Waals surface area contributed by atoms with E-state index in [4.69, 9.17) is 9.57 Å². The van der Waals surface area contributed by atoms with Gasteiger partial charge in [0.25, 0.3) is 0 Å². The van der Waals surface area contributed by atoms with Gasteiger partial charge in [0, 0.05) is 0 Å². The van der Waals surface area contributed by atoms with E-state index in [1.54, 1.807) is 6.26 Å². The van der Waals surface area contributed by atoms with Crippen LogP contribution in [0, 0.1) is 0 Å². The molecule has 3 aliphatic rings. The zero-order chi connectivity index (χ0) is 8.02. The van der Waals surface area contributed by atoms with Crippen molar-refractivity contribution in [2.45, 2.75) is 23.9 Å². The van der Waals surface area contributed by atoms with Crippen LogP contribution >= 0.6 is 11.8 Å². The maximum atomic E-state index is 5.60. The smallest absolute Gasteiger partial charge is 0.238 e. The summed E-state index contributed by atoms with van der Waals surface area (Å²) < 4.78 is 5.60. The molecule has 0 bridgehead atoms. The number of rotatable bonds is 0. The summed E-state index contributed by atoms with van der Waals surface area (Å²) in [5, 5.41) is 4.05. The minimum Gasteiger partial charge on any atom is -0.474 e. The highest BCUT2D eigenvalue weighted by atomic mass is 32.2. The molecule has 3 nitrogen and oxygen atoms in total. The van der Waals surface area contributed by atoms with Gasteiger partial charge < -0.3 is 9.57 Å². The molecule has 0 aromatic carbocycles. The highest BCUT2D eigenvalue weighted by Gasteiger charge is 2.55. The topological polar surface area (TPSA) is 30.8 Å². The van der Waals surface area contributed by atoms with Crippen LogP contribution in [0.1, 0.15) is 12.8 Å². The second kappa shape index (κ2) is 2.19. The summed E-state index contributed by atoms with van der Waals surface area (Å²) in [4.78, 5) is 5.00. The van der Waals surface area contributed by atoms with Crippen LogP contribution in [0.2, 0.25) is 0 Å². The molecular weight excluding hydrogens is 174 g/mol. The van der Waals surface area contributed by atoms with E-state index >= 15 is 0 Å². The van der Waals surface area contributed by atoms with Crippen molar-refractivity contribution >= 4 is 17.5 Å². The molecule has 0 aromatic rings. The molecule has 12 heavy (non-hydrogen) atoms. The number of hydrogen-bond donors (Lipinski definition) is 0. The molecule has 1 fully saturated rings. The summed E-state index contributed by atoms with van der Waals surface area (Å²) in [5.41, 5.74) is 1.08. The summed E-state index contributed by atoms with van der Waals surface area (Å²) in [7, 11) is 0. The second-order valence-electron chi connectivity index (χ2n) is 3.13. The zero-order valence-corrected chi connectivity index (χ0v) is 7.34. The number of oxime groups is 1. The molecule has 1 saturated heterocycles. The van der Waals surface area contributed by atoms with E-state index < -0.39 is 0 Å². The lowest BCUT2D eigenvalue weighted by Crippen LogP contribution is -2.43. The van der Waals surface area contributed by atoms with Crippen molar-refractivity contribution in [2.24, 2.45) is 5.16 Å². The standard InChI is InChI=1S/C8H9NO2S/c1-2-6-8(12-5-1)7(11-9-6)3-4-10-8/h3-4,7H,1-2,5H2/t7-,8+/m1/s1. The Morgan fingerprint density at radius 1 is 1.67 bits per heavy atom. The summed E-state index contributed by atoms with van der Waals surface area (Å²) in [6.45, 7) is 0. The summed E-state index contributed by atoms with van der Waals surface area (Å²) >= 11 is 1.81. The predicted molar refractivity (Wildman–Crippen MR) is 47.0 cm³/mol. The highest BCUT2D eigenvalue weighted by Crippen LogP contribution is 2.46. The Labute approximate surface area is 74.8 Å². The Balaban J connectivity index is 2.00. The lowest BCUT2D eigenvalue weighted by atomic mass is 10.1. The van der Waals surface area contributed by atoms with Crippen LogP contribution in [0.5, 0.6) is 0 Å².